The molecule has 0 amide bonds. The number of benzene rings is 1. The van der Waals surface area contributed by atoms with Crippen LogP contribution in [0.1, 0.15) is 52.1 Å². The fourth-order valence-corrected chi connectivity index (χ4v) is 2.64. The lowest BCUT2D eigenvalue weighted by Crippen LogP contribution is -2.24. The van der Waals surface area contributed by atoms with Crippen LogP contribution in [0.4, 0.5) is 5.69 Å². The van der Waals surface area contributed by atoms with Gasteiger partial charge in [-0.2, -0.15) is 0 Å². The minimum absolute atomic E-state index is 0.303. The van der Waals surface area contributed by atoms with Crippen molar-refractivity contribution in [3.8, 4) is 0 Å². The van der Waals surface area contributed by atoms with Crippen molar-refractivity contribution in [3.63, 3.8) is 0 Å². The molecule has 108 valence electrons. The molecule has 3 heteroatoms. The summed E-state index contributed by atoms with van der Waals surface area (Å²) in [5.41, 5.74) is 2.41. The van der Waals surface area contributed by atoms with Gasteiger partial charge >= 0.3 is 0 Å². The number of rotatable bonds is 8. The van der Waals surface area contributed by atoms with Crippen molar-refractivity contribution in [1.29, 1.82) is 0 Å². The molecule has 0 aliphatic heterocycles. The molecular weight excluding hydrogens is 256 g/mol. The zero-order valence-corrected chi connectivity index (χ0v) is 13.4. The van der Waals surface area contributed by atoms with Crippen LogP contribution in [0.5, 0.6) is 0 Å². The molecule has 0 spiro atoms. The third kappa shape index (κ3) is 4.70. The van der Waals surface area contributed by atoms with E-state index in [1.165, 1.54) is 24.1 Å². The minimum atomic E-state index is 0.303. The highest BCUT2D eigenvalue weighted by molar-refractivity contribution is 6.31. The highest BCUT2D eigenvalue weighted by Gasteiger charge is 2.11. The van der Waals surface area contributed by atoms with E-state index in [0.29, 0.717) is 6.04 Å². The number of hydrogen-bond acceptors (Lipinski definition) is 2. The smallest absolute Gasteiger partial charge is 0.0474 e. The van der Waals surface area contributed by atoms with Crippen LogP contribution in [0.3, 0.4) is 0 Å². The molecule has 0 aromatic heterocycles. The van der Waals surface area contributed by atoms with Gasteiger partial charge in [0.1, 0.15) is 0 Å². The molecule has 1 rings (SSSR count). The molecule has 0 saturated carbocycles. The second kappa shape index (κ2) is 8.44. The molecule has 0 aliphatic carbocycles. The molecule has 1 aromatic carbocycles. The lowest BCUT2D eigenvalue weighted by Gasteiger charge is -2.24. The van der Waals surface area contributed by atoms with Crippen molar-refractivity contribution in [2.75, 3.05) is 24.5 Å². The summed E-state index contributed by atoms with van der Waals surface area (Å²) in [5, 5.41) is 4.26. The van der Waals surface area contributed by atoms with Crippen LogP contribution < -0.4 is 10.2 Å². The molecule has 1 atom stereocenters. The van der Waals surface area contributed by atoms with Gasteiger partial charge < -0.3 is 10.2 Å². The van der Waals surface area contributed by atoms with Gasteiger partial charge in [-0.25, -0.2) is 0 Å². The summed E-state index contributed by atoms with van der Waals surface area (Å²) in [4.78, 5) is 2.39. The van der Waals surface area contributed by atoms with Gasteiger partial charge in [-0.15, -0.1) is 0 Å². The minimum Gasteiger partial charge on any atom is -0.372 e. The Kier molecular flexibility index (Phi) is 7.25. The zero-order valence-electron chi connectivity index (χ0n) is 12.7. The first-order chi connectivity index (χ1) is 9.13. The van der Waals surface area contributed by atoms with Gasteiger partial charge in [0, 0.05) is 29.8 Å². The average Bonchev–Trinajstić information content (AvgIpc) is 2.40. The SMILES string of the molecule is CCCCN(CC)c1ccc(C(C)NCC)c(Cl)c1. The molecule has 0 fully saturated rings. The van der Waals surface area contributed by atoms with Gasteiger partial charge in [-0.3, -0.25) is 0 Å². The summed E-state index contributed by atoms with van der Waals surface area (Å²) in [6.45, 7) is 11.8. The first-order valence-corrected chi connectivity index (χ1v) is 7.79. The molecule has 19 heavy (non-hydrogen) atoms. The molecule has 0 saturated heterocycles. The van der Waals surface area contributed by atoms with Gasteiger partial charge in [0.2, 0.25) is 0 Å². The largest absolute Gasteiger partial charge is 0.372 e. The van der Waals surface area contributed by atoms with Crippen molar-refractivity contribution >= 4 is 17.3 Å². The second-order valence-corrected chi connectivity index (χ2v) is 5.33. The molecule has 0 bridgehead atoms. The molecule has 1 unspecified atom stereocenters. The standard InChI is InChI=1S/C16H27ClN2/c1-5-8-11-19(7-3)14-9-10-15(16(17)12-14)13(4)18-6-2/h9-10,12-13,18H,5-8,11H2,1-4H3. The lowest BCUT2D eigenvalue weighted by molar-refractivity contribution is 0.598. The third-order valence-electron chi connectivity index (χ3n) is 3.49. The third-order valence-corrected chi connectivity index (χ3v) is 3.82. The first-order valence-electron chi connectivity index (χ1n) is 7.41. The maximum Gasteiger partial charge on any atom is 0.0474 e. The molecule has 1 aromatic rings. The topological polar surface area (TPSA) is 15.3 Å². The summed E-state index contributed by atoms with van der Waals surface area (Å²) < 4.78 is 0. The van der Waals surface area contributed by atoms with Crippen LogP contribution in [0.15, 0.2) is 18.2 Å². The Balaban J connectivity index is 2.85. The Morgan fingerprint density at radius 2 is 2.00 bits per heavy atom. The van der Waals surface area contributed by atoms with E-state index in [1.807, 2.05) is 0 Å². The molecule has 0 radical (unpaired) electrons. The molecule has 2 nitrogen and oxygen atoms in total. The Morgan fingerprint density at radius 3 is 2.53 bits per heavy atom. The normalized spacial score (nSPS) is 12.5. The predicted molar refractivity (Wildman–Crippen MR) is 86.3 cm³/mol. The lowest BCUT2D eigenvalue weighted by atomic mass is 10.1. The number of hydrogen-bond donors (Lipinski definition) is 1. The fraction of sp³-hybridized carbons (Fsp3) is 0.625. The van der Waals surface area contributed by atoms with Gasteiger partial charge in [0.05, 0.1) is 0 Å². The van der Waals surface area contributed by atoms with Crippen molar-refractivity contribution in [2.24, 2.45) is 0 Å². The summed E-state index contributed by atoms with van der Waals surface area (Å²) >= 11 is 6.43. The fourth-order valence-electron chi connectivity index (χ4n) is 2.30. The first kappa shape index (κ1) is 16.3. The van der Waals surface area contributed by atoms with Gasteiger partial charge in [0.15, 0.2) is 0 Å². The Bertz CT molecular complexity index is 379. The number of anilines is 1. The predicted octanol–water partition coefficient (Wildman–Crippen LogP) is 4.64. The highest BCUT2D eigenvalue weighted by Crippen LogP contribution is 2.28. The number of halogens is 1. The van der Waals surface area contributed by atoms with E-state index in [4.69, 9.17) is 11.6 Å². The summed E-state index contributed by atoms with van der Waals surface area (Å²) in [5.74, 6) is 0. The monoisotopic (exact) mass is 282 g/mol. The van der Waals surface area contributed by atoms with E-state index >= 15 is 0 Å². The molecule has 0 heterocycles. The van der Waals surface area contributed by atoms with Crippen LogP contribution in [0.25, 0.3) is 0 Å². The van der Waals surface area contributed by atoms with Crippen LogP contribution in [-0.4, -0.2) is 19.6 Å². The van der Waals surface area contributed by atoms with E-state index in [9.17, 15) is 0 Å². The number of nitrogens with one attached hydrogen (secondary N) is 1. The van der Waals surface area contributed by atoms with Crippen LogP contribution in [-0.2, 0) is 0 Å². The van der Waals surface area contributed by atoms with Gasteiger partial charge in [-0.05, 0) is 44.5 Å². The second-order valence-electron chi connectivity index (χ2n) is 4.92. The summed E-state index contributed by atoms with van der Waals surface area (Å²) in [7, 11) is 0. The van der Waals surface area contributed by atoms with Crippen molar-refractivity contribution in [1.82, 2.24) is 5.32 Å². The van der Waals surface area contributed by atoms with E-state index < -0.39 is 0 Å². The average molecular weight is 283 g/mol. The van der Waals surface area contributed by atoms with E-state index in [-0.39, 0.29) is 0 Å². The Hall–Kier alpha value is -0.730. The van der Waals surface area contributed by atoms with E-state index in [0.717, 1.165) is 24.7 Å². The highest BCUT2D eigenvalue weighted by atomic mass is 35.5. The van der Waals surface area contributed by atoms with Crippen molar-refractivity contribution < 1.29 is 0 Å². The number of unbranched alkanes of at least 4 members (excludes halogenated alkanes) is 1. The molecule has 1 N–H and O–H groups in total. The van der Waals surface area contributed by atoms with Crippen molar-refractivity contribution in [2.45, 2.75) is 46.6 Å². The molecule has 0 aliphatic rings. The Labute approximate surface area is 123 Å². The van der Waals surface area contributed by atoms with Crippen molar-refractivity contribution in [3.05, 3.63) is 28.8 Å². The van der Waals surface area contributed by atoms with Crippen LogP contribution >= 0.6 is 11.6 Å². The zero-order chi connectivity index (χ0) is 14.3. The quantitative estimate of drug-likeness (QED) is 0.747. The Morgan fingerprint density at radius 1 is 1.26 bits per heavy atom. The maximum absolute atomic E-state index is 6.43. The van der Waals surface area contributed by atoms with Gasteiger partial charge in [0.25, 0.3) is 0 Å². The van der Waals surface area contributed by atoms with E-state index in [2.05, 4.69) is 56.1 Å². The van der Waals surface area contributed by atoms with Crippen LogP contribution in [0, 0.1) is 0 Å². The van der Waals surface area contributed by atoms with E-state index in [1.54, 1.807) is 0 Å². The summed E-state index contributed by atoms with van der Waals surface area (Å²) in [6, 6.07) is 6.75. The summed E-state index contributed by atoms with van der Waals surface area (Å²) in [6.07, 6.45) is 2.45. The molecular formula is C16H27ClN2. The number of nitrogens with zero attached hydrogens (tertiary/aromatic N) is 1. The maximum atomic E-state index is 6.43. The van der Waals surface area contributed by atoms with Crippen LogP contribution in [0.2, 0.25) is 5.02 Å². The van der Waals surface area contributed by atoms with Gasteiger partial charge in [-0.1, -0.05) is 37.9 Å².